The molecule has 4 nitrogen and oxygen atoms in total. The largest absolute Gasteiger partial charge is 0.263 e. The van der Waals surface area contributed by atoms with Crippen molar-refractivity contribution in [2.75, 3.05) is 4.72 Å². The Morgan fingerprint density at radius 1 is 1.21 bits per heavy atom. The van der Waals surface area contributed by atoms with Crippen LogP contribution in [-0.2, 0) is 15.4 Å². The van der Waals surface area contributed by atoms with Crippen LogP contribution in [0.4, 0.5) is 5.82 Å². The zero-order valence-corrected chi connectivity index (χ0v) is 12.7. The minimum atomic E-state index is -3.58. The lowest BCUT2D eigenvalue weighted by Gasteiger charge is -2.08. The third-order valence-electron chi connectivity index (χ3n) is 2.54. The van der Waals surface area contributed by atoms with Gasteiger partial charge in [0.2, 0.25) is 0 Å². The number of alkyl halides is 1. The van der Waals surface area contributed by atoms with Gasteiger partial charge in [-0.3, -0.25) is 4.72 Å². The van der Waals surface area contributed by atoms with Gasteiger partial charge in [-0.15, -0.1) is 0 Å². The molecule has 1 N–H and O–H groups in total. The Morgan fingerprint density at radius 2 is 1.89 bits per heavy atom. The minimum absolute atomic E-state index is 0.223. The van der Waals surface area contributed by atoms with Gasteiger partial charge in [-0.1, -0.05) is 28.1 Å². The predicted molar refractivity (Wildman–Crippen MR) is 78.9 cm³/mol. The number of hydrogen-bond acceptors (Lipinski definition) is 3. The lowest BCUT2D eigenvalue weighted by Crippen LogP contribution is -2.13. The molecular formula is C13H13BrN2O2S. The summed E-state index contributed by atoms with van der Waals surface area (Å²) in [6.45, 7) is 1.88. The number of sulfonamides is 1. The first-order chi connectivity index (χ1) is 9.01. The Labute approximate surface area is 121 Å². The number of anilines is 1. The van der Waals surface area contributed by atoms with Crippen LogP contribution < -0.4 is 4.72 Å². The van der Waals surface area contributed by atoms with Crippen LogP contribution in [0.3, 0.4) is 0 Å². The zero-order chi connectivity index (χ0) is 13.9. The fourth-order valence-corrected chi connectivity index (χ4v) is 2.92. The molecule has 19 heavy (non-hydrogen) atoms. The number of rotatable bonds is 4. The van der Waals surface area contributed by atoms with E-state index in [1.54, 1.807) is 36.5 Å². The van der Waals surface area contributed by atoms with Crippen LogP contribution in [0.2, 0.25) is 0 Å². The van der Waals surface area contributed by atoms with E-state index in [9.17, 15) is 8.42 Å². The number of benzene rings is 1. The Morgan fingerprint density at radius 3 is 2.47 bits per heavy atom. The van der Waals surface area contributed by atoms with E-state index in [0.717, 1.165) is 11.1 Å². The molecule has 2 rings (SSSR count). The summed E-state index contributed by atoms with van der Waals surface area (Å²) in [7, 11) is -3.58. The highest BCUT2D eigenvalue weighted by atomic mass is 79.9. The first-order valence-corrected chi connectivity index (χ1v) is 8.22. The summed E-state index contributed by atoms with van der Waals surface area (Å²) in [6, 6.07) is 10.2. The second-order valence-electron chi connectivity index (χ2n) is 4.10. The highest BCUT2D eigenvalue weighted by Gasteiger charge is 2.14. The van der Waals surface area contributed by atoms with Crippen LogP contribution in [0.25, 0.3) is 0 Å². The molecule has 0 fully saturated rings. The van der Waals surface area contributed by atoms with Gasteiger partial charge < -0.3 is 0 Å². The Balaban J connectivity index is 2.27. The molecular weight excluding hydrogens is 328 g/mol. The van der Waals surface area contributed by atoms with Crippen molar-refractivity contribution in [3.8, 4) is 0 Å². The molecule has 0 amide bonds. The smallest absolute Gasteiger partial charge is 0.263 e. The van der Waals surface area contributed by atoms with Crippen molar-refractivity contribution in [3.63, 3.8) is 0 Å². The average molecular weight is 341 g/mol. The molecule has 2 aromatic rings. The SMILES string of the molecule is Cc1ccnc(NS(=O)(=O)c2ccc(CBr)cc2)c1. The van der Waals surface area contributed by atoms with Gasteiger partial charge in [0.15, 0.2) is 0 Å². The lowest BCUT2D eigenvalue weighted by atomic mass is 10.2. The van der Waals surface area contributed by atoms with Crippen LogP contribution in [0.15, 0.2) is 47.5 Å². The maximum absolute atomic E-state index is 12.1. The molecule has 6 heteroatoms. The number of nitrogens with one attached hydrogen (secondary N) is 1. The van der Waals surface area contributed by atoms with Crippen molar-refractivity contribution in [1.29, 1.82) is 0 Å². The van der Waals surface area contributed by atoms with E-state index in [-0.39, 0.29) is 4.90 Å². The summed E-state index contributed by atoms with van der Waals surface area (Å²) in [6.07, 6.45) is 1.57. The summed E-state index contributed by atoms with van der Waals surface area (Å²) in [5.41, 5.74) is 1.97. The van der Waals surface area contributed by atoms with Crippen molar-refractivity contribution in [1.82, 2.24) is 4.98 Å². The van der Waals surface area contributed by atoms with Crippen LogP contribution in [0.5, 0.6) is 0 Å². The number of nitrogens with zero attached hydrogens (tertiary/aromatic N) is 1. The van der Waals surface area contributed by atoms with Gasteiger partial charge in [0.25, 0.3) is 10.0 Å². The van der Waals surface area contributed by atoms with Gasteiger partial charge in [-0.05, 0) is 42.3 Å². The van der Waals surface area contributed by atoms with E-state index in [0.29, 0.717) is 11.1 Å². The van der Waals surface area contributed by atoms with Crippen LogP contribution in [-0.4, -0.2) is 13.4 Å². The molecule has 0 aliphatic heterocycles. The van der Waals surface area contributed by atoms with Crippen molar-refractivity contribution in [3.05, 3.63) is 53.7 Å². The third kappa shape index (κ3) is 3.54. The van der Waals surface area contributed by atoms with Gasteiger partial charge in [0.05, 0.1) is 4.90 Å². The van der Waals surface area contributed by atoms with Gasteiger partial charge >= 0.3 is 0 Å². The molecule has 0 aliphatic rings. The molecule has 1 heterocycles. The molecule has 100 valence electrons. The Hall–Kier alpha value is -1.40. The first-order valence-electron chi connectivity index (χ1n) is 5.61. The van der Waals surface area contributed by atoms with E-state index < -0.39 is 10.0 Å². The van der Waals surface area contributed by atoms with Crippen LogP contribution in [0.1, 0.15) is 11.1 Å². The Kier molecular flexibility index (Phi) is 4.21. The van der Waals surface area contributed by atoms with Crippen LogP contribution in [0, 0.1) is 6.92 Å². The number of halogens is 1. The van der Waals surface area contributed by atoms with Gasteiger partial charge in [-0.25, -0.2) is 13.4 Å². The Bertz CT molecular complexity index is 669. The average Bonchev–Trinajstić information content (AvgIpc) is 2.38. The van der Waals surface area contributed by atoms with Crippen molar-refractivity contribution < 1.29 is 8.42 Å². The fourth-order valence-electron chi connectivity index (χ4n) is 1.55. The second-order valence-corrected chi connectivity index (χ2v) is 6.34. The van der Waals surface area contributed by atoms with Crippen LogP contribution >= 0.6 is 15.9 Å². The molecule has 0 radical (unpaired) electrons. The van der Waals surface area contributed by atoms with E-state index in [2.05, 4.69) is 25.6 Å². The number of aryl methyl sites for hydroxylation is 1. The highest BCUT2D eigenvalue weighted by molar-refractivity contribution is 9.08. The standard InChI is InChI=1S/C13H13BrN2O2S/c1-10-6-7-15-13(8-10)16-19(17,18)12-4-2-11(9-14)3-5-12/h2-8H,9H2,1H3,(H,15,16). The molecule has 0 aliphatic carbocycles. The molecule has 0 bridgehead atoms. The molecule has 0 saturated carbocycles. The number of pyridine rings is 1. The third-order valence-corrected chi connectivity index (χ3v) is 4.56. The predicted octanol–water partition coefficient (Wildman–Crippen LogP) is 3.09. The zero-order valence-electron chi connectivity index (χ0n) is 10.3. The maximum atomic E-state index is 12.1. The lowest BCUT2D eigenvalue weighted by molar-refractivity contribution is 0.601. The summed E-state index contributed by atoms with van der Waals surface area (Å²) in [4.78, 5) is 4.21. The highest BCUT2D eigenvalue weighted by Crippen LogP contribution is 2.16. The van der Waals surface area contributed by atoms with Gasteiger partial charge in [0.1, 0.15) is 5.82 Å². The minimum Gasteiger partial charge on any atom is -0.263 e. The van der Waals surface area contributed by atoms with E-state index >= 15 is 0 Å². The van der Waals surface area contributed by atoms with E-state index in [1.807, 2.05) is 13.0 Å². The summed E-state index contributed by atoms with van der Waals surface area (Å²) < 4.78 is 26.8. The normalized spacial score (nSPS) is 11.3. The van der Waals surface area contributed by atoms with Crippen molar-refractivity contribution >= 4 is 31.8 Å². The van der Waals surface area contributed by atoms with E-state index in [4.69, 9.17) is 0 Å². The maximum Gasteiger partial charge on any atom is 0.263 e. The molecule has 1 aromatic heterocycles. The summed E-state index contributed by atoms with van der Waals surface area (Å²) >= 11 is 3.32. The molecule has 0 atom stereocenters. The van der Waals surface area contributed by atoms with Crippen molar-refractivity contribution in [2.45, 2.75) is 17.1 Å². The van der Waals surface area contributed by atoms with Gasteiger partial charge in [-0.2, -0.15) is 0 Å². The molecule has 0 unspecified atom stereocenters. The second kappa shape index (κ2) is 5.71. The molecule has 0 spiro atoms. The van der Waals surface area contributed by atoms with Gasteiger partial charge in [0, 0.05) is 11.5 Å². The topological polar surface area (TPSA) is 59.1 Å². The van der Waals surface area contributed by atoms with Crippen molar-refractivity contribution in [2.24, 2.45) is 0 Å². The monoisotopic (exact) mass is 340 g/mol. The molecule has 0 saturated heterocycles. The summed E-state index contributed by atoms with van der Waals surface area (Å²) in [5.74, 6) is 0.324. The summed E-state index contributed by atoms with van der Waals surface area (Å²) in [5, 5.41) is 0.695. The molecule has 1 aromatic carbocycles. The fraction of sp³-hybridized carbons (Fsp3) is 0.154. The number of hydrogen-bond donors (Lipinski definition) is 1. The van der Waals surface area contributed by atoms with E-state index in [1.165, 1.54) is 0 Å². The number of aromatic nitrogens is 1. The first kappa shape index (κ1) is 14.0. The quantitative estimate of drug-likeness (QED) is 0.870.